The minimum atomic E-state index is -4.08. The number of amides is 2. The second-order valence-corrected chi connectivity index (χ2v) is 8.11. The maximum Gasteiger partial charge on any atom is 0.267 e. The molecule has 0 aromatic carbocycles. The van der Waals surface area contributed by atoms with Gasteiger partial charge in [-0.05, 0) is 26.0 Å². The van der Waals surface area contributed by atoms with Crippen LogP contribution >= 0.6 is 0 Å². The molecule has 12 heteroatoms. The highest BCUT2D eigenvalue weighted by atomic mass is 32.2. The smallest absolute Gasteiger partial charge is 0.267 e. The fourth-order valence-electron chi connectivity index (χ4n) is 1.25. The first-order valence-electron chi connectivity index (χ1n) is 6.37. The molecule has 2 amide bonds. The van der Waals surface area contributed by atoms with E-state index in [9.17, 15) is 26.4 Å². The Morgan fingerprint density at radius 2 is 1.46 bits per heavy atom. The van der Waals surface area contributed by atoms with Crippen molar-refractivity contribution >= 4 is 32.1 Å². The lowest BCUT2D eigenvalue weighted by atomic mass is 10.1. The molecule has 24 heavy (non-hydrogen) atoms. The van der Waals surface area contributed by atoms with E-state index < -0.39 is 49.1 Å². The van der Waals surface area contributed by atoms with Crippen molar-refractivity contribution in [3.63, 3.8) is 0 Å². The van der Waals surface area contributed by atoms with Gasteiger partial charge >= 0.3 is 0 Å². The molecular formula is C12H22N2O8S2. The van der Waals surface area contributed by atoms with Crippen molar-refractivity contribution in [3.05, 3.63) is 25.3 Å². The van der Waals surface area contributed by atoms with Gasteiger partial charge in [0.05, 0.1) is 17.0 Å². The molecule has 0 aliphatic rings. The molecule has 0 heterocycles. The molecule has 4 N–H and O–H groups in total. The van der Waals surface area contributed by atoms with Crippen LogP contribution in [-0.4, -0.2) is 61.3 Å². The molecule has 0 unspecified atom stereocenters. The zero-order chi connectivity index (χ0) is 19.6. The van der Waals surface area contributed by atoms with Crippen LogP contribution < -0.4 is 10.6 Å². The summed E-state index contributed by atoms with van der Waals surface area (Å²) >= 11 is 0. The van der Waals surface area contributed by atoms with Crippen LogP contribution in [0.1, 0.15) is 13.8 Å². The van der Waals surface area contributed by atoms with Crippen molar-refractivity contribution in [2.75, 3.05) is 18.1 Å². The number of carbonyl (C=O) groups is 2. The summed E-state index contributed by atoms with van der Waals surface area (Å²) in [7, 11) is -8.06. The summed E-state index contributed by atoms with van der Waals surface area (Å²) in [4.78, 5) is 21.2. The van der Waals surface area contributed by atoms with Crippen LogP contribution in [0.15, 0.2) is 25.3 Å². The SMILES string of the molecule is C=CC(=O)NC(C)(C)CS(=O)(=O)O.C=CC(=O)NCCS(=O)(=O)O. The maximum absolute atomic E-state index is 10.8. The minimum Gasteiger partial charge on any atom is -0.351 e. The van der Waals surface area contributed by atoms with E-state index in [-0.39, 0.29) is 6.54 Å². The third-order valence-electron chi connectivity index (χ3n) is 2.03. The number of rotatable bonds is 8. The number of hydrogen-bond acceptors (Lipinski definition) is 6. The molecule has 0 rings (SSSR count). The first-order valence-corrected chi connectivity index (χ1v) is 9.59. The van der Waals surface area contributed by atoms with Gasteiger partial charge in [0.2, 0.25) is 11.8 Å². The summed E-state index contributed by atoms with van der Waals surface area (Å²) < 4.78 is 57.9. The molecule has 0 saturated carbocycles. The topological polar surface area (TPSA) is 167 Å². The van der Waals surface area contributed by atoms with Gasteiger partial charge in [-0.1, -0.05) is 13.2 Å². The van der Waals surface area contributed by atoms with E-state index in [1.54, 1.807) is 0 Å². The van der Waals surface area contributed by atoms with Crippen molar-refractivity contribution in [3.8, 4) is 0 Å². The molecular weight excluding hydrogens is 364 g/mol. The first kappa shape index (κ1) is 24.5. The summed E-state index contributed by atoms with van der Waals surface area (Å²) in [5, 5.41) is 4.56. The van der Waals surface area contributed by atoms with Crippen molar-refractivity contribution in [1.29, 1.82) is 0 Å². The average Bonchev–Trinajstić information content (AvgIpc) is 2.34. The monoisotopic (exact) mass is 386 g/mol. The summed E-state index contributed by atoms with van der Waals surface area (Å²) in [6.45, 7) is 9.24. The predicted octanol–water partition coefficient (Wildman–Crippen LogP) is -0.869. The third kappa shape index (κ3) is 18.3. The van der Waals surface area contributed by atoms with Crippen molar-refractivity contribution < 1.29 is 35.5 Å². The van der Waals surface area contributed by atoms with Crippen LogP contribution in [0.4, 0.5) is 0 Å². The Morgan fingerprint density at radius 3 is 1.79 bits per heavy atom. The standard InChI is InChI=1S/C7H13NO4S.C5H9NO4S/c1-4-6(9)8-7(2,3)5-13(10,11)12;1-2-5(7)6-3-4-11(8,9)10/h4H,1,5H2,2-3H3,(H,8,9)(H,10,11,12);2H,1,3-4H2,(H,6,7)(H,8,9,10). The van der Waals surface area contributed by atoms with Crippen molar-refractivity contribution in [1.82, 2.24) is 10.6 Å². The fourth-order valence-corrected chi connectivity index (χ4v) is 2.60. The van der Waals surface area contributed by atoms with E-state index in [4.69, 9.17) is 9.11 Å². The van der Waals surface area contributed by atoms with Gasteiger partial charge in [-0.3, -0.25) is 18.7 Å². The van der Waals surface area contributed by atoms with Crippen LogP contribution in [0.3, 0.4) is 0 Å². The highest BCUT2D eigenvalue weighted by Crippen LogP contribution is 2.05. The van der Waals surface area contributed by atoms with Crippen molar-refractivity contribution in [2.24, 2.45) is 0 Å². The maximum atomic E-state index is 10.8. The molecule has 0 aromatic rings. The van der Waals surface area contributed by atoms with Crippen LogP contribution in [0.25, 0.3) is 0 Å². The molecule has 0 spiro atoms. The zero-order valence-corrected chi connectivity index (χ0v) is 15.0. The van der Waals surface area contributed by atoms with Gasteiger partial charge in [0.1, 0.15) is 0 Å². The van der Waals surface area contributed by atoms with E-state index in [1.807, 2.05) is 0 Å². The van der Waals surface area contributed by atoms with Gasteiger partial charge in [0.25, 0.3) is 20.2 Å². The summed E-state index contributed by atoms with van der Waals surface area (Å²) in [5.74, 6) is -1.95. The molecule has 0 fully saturated rings. The molecule has 0 atom stereocenters. The Balaban J connectivity index is 0. The van der Waals surface area contributed by atoms with Crippen LogP contribution in [0.5, 0.6) is 0 Å². The molecule has 0 radical (unpaired) electrons. The Kier molecular flexibility index (Phi) is 10.4. The molecule has 0 saturated heterocycles. The highest BCUT2D eigenvalue weighted by Gasteiger charge is 2.25. The minimum absolute atomic E-state index is 0.107. The largest absolute Gasteiger partial charge is 0.351 e. The lowest BCUT2D eigenvalue weighted by Gasteiger charge is -2.23. The van der Waals surface area contributed by atoms with Gasteiger partial charge in [-0.25, -0.2) is 0 Å². The van der Waals surface area contributed by atoms with Gasteiger partial charge in [0.15, 0.2) is 0 Å². The van der Waals surface area contributed by atoms with E-state index in [1.165, 1.54) is 13.8 Å². The lowest BCUT2D eigenvalue weighted by Crippen LogP contribution is -2.47. The molecule has 0 bridgehead atoms. The lowest BCUT2D eigenvalue weighted by molar-refractivity contribution is -0.118. The molecule has 0 aliphatic carbocycles. The van der Waals surface area contributed by atoms with E-state index in [0.717, 1.165) is 12.2 Å². The fraction of sp³-hybridized carbons (Fsp3) is 0.500. The molecule has 140 valence electrons. The Labute approximate surface area is 141 Å². The molecule has 0 aliphatic heterocycles. The van der Waals surface area contributed by atoms with Crippen LogP contribution in [0, 0.1) is 0 Å². The number of nitrogens with one attached hydrogen (secondary N) is 2. The van der Waals surface area contributed by atoms with E-state index in [2.05, 4.69) is 23.8 Å². The van der Waals surface area contributed by atoms with Gasteiger partial charge in [-0.2, -0.15) is 16.8 Å². The summed E-state index contributed by atoms with van der Waals surface area (Å²) in [6.07, 6.45) is 2.05. The van der Waals surface area contributed by atoms with Gasteiger partial charge in [0, 0.05) is 6.54 Å². The second kappa shape index (κ2) is 10.2. The number of hydrogen-bond donors (Lipinski definition) is 4. The number of carbonyl (C=O) groups excluding carboxylic acids is 2. The normalized spacial score (nSPS) is 11.5. The second-order valence-electron chi connectivity index (χ2n) is 5.08. The highest BCUT2D eigenvalue weighted by molar-refractivity contribution is 7.86. The zero-order valence-electron chi connectivity index (χ0n) is 13.4. The Morgan fingerprint density at radius 1 is 1.00 bits per heavy atom. The van der Waals surface area contributed by atoms with Crippen molar-refractivity contribution in [2.45, 2.75) is 19.4 Å². The first-order chi connectivity index (χ1) is 10.6. The van der Waals surface area contributed by atoms with Gasteiger partial charge in [-0.15, -0.1) is 0 Å². The average molecular weight is 386 g/mol. The Bertz CT molecular complexity index is 665. The summed E-state index contributed by atoms with van der Waals surface area (Å²) in [5.41, 5.74) is -1.00. The van der Waals surface area contributed by atoms with Gasteiger partial charge < -0.3 is 10.6 Å². The van der Waals surface area contributed by atoms with E-state index in [0.29, 0.717) is 0 Å². The predicted molar refractivity (Wildman–Crippen MR) is 88.5 cm³/mol. The molecule has 10 nitrogen and oxygen atoms in total. The Hall–Kier alpha value is -1.76. The summed E-state index contributed by atoms with van der Waals surface area (Å²) in [6, 6.07) is 0. The quantitative estimate of drug-likeness (QED) is 0.308. The van der Waals surface area contributed by atoms with E-state index >= 15 is 0 Å². The van der Waals surface area contributed by atoms with Crippen LogP contribution in [0.2, 0.25) is 0 Å². The third-order valence-corrected chi connectivity index (χ3v) is 3.84. The van der Waals surface area contributed by atoms with Crippen LogP contribution in [-0.2, 0) is 29.8 Å². The molecule has 0 aromatic heterocycles.